The van der Waals surface area contributed by atoms with E-state index in [4.69, 9.17) is 5.11 Å². The summed E-state index contributed by atoms with van der Waals surface area (Å²) in [7, 11) is -2.45. The van der Waals surface area contributed by atoms with Gasteiger partial charge in [-0.2, -0.15) is 4.31 Å². The molecule has 1 unspecified atom stereocenters. The maximum atomic E-state index is 12.5. The second kappa shape index (κ2) is 9.29. The zero-order valence-electron chi connectivity index (χ0n) is 14.9. The molecule has 0 saturated heterocycles. The number of hydrogen-bond donors (Lipinski definition) is 2. The van der Waals surface area contributed by atoms with Gasteiger partial charge in [0.1, 0.15) is 0 Å². The van der Waals surface area contributed by atoms with Gasteiger partial charge in [-0.1, -0.05) is 48.5 Å². The number of aliphatic carboxylic acids is 1. The van der Waals surface area contributed by atoms with Crippen LogP contribution in [0.3, 0.4) is 0 Å². The Morgan fingerprint density at radius 2 is 1.59 bits per heavy atom. The van der Waals surface area contributed by atoms with Crippen molar-refractivity contribution in [3.8, 4) is 0 Å². The van der Waals surface area contributed by atoms with E-state index in [-0.39, 0.29) is 24.3 Å². The Bertz CT molecular complexity index is 869. The molecule has 1 atom stereocenters. The van der Waals surface area contributed by atoms with Crippen LogP contribution in [-0.2, 0) is 19.6 Å². The van der Waals surface area contributed by atoms with E-state index in [0.29, 0.717) is 0 Å². The Balaban J connectivity index is 2.07. The number of nitrogens with zero attached hydrogens (tertiary/aromatic N) is 1. The number of hydrogen-bond acceptors (Lipinski definition) is 4. The molecule has 144 valence electrons. The fraction of sp³-hybridized carbons (Fsp3) is 0.263. The van der Waals surface area contributed by atoms with Crippen LogP contribution >= 0.6 is 0 Å². The third kappa shape index (κ3) is 5.90. The Labute approximate surface area is 158 Å². The highest BCUT2D eigenvalue weighted by Crippen LogP contribution is 2.19. The summed E-state index contributed by atoms with van der Waals surface area (Å²) in [4.78, 5) is 23.4. The lowest BCUT2D eigenvalue weighted by Gasteiger charge is -2.21. The lowest BCUT2D eigenvalue weighted by Crippen LogP contribution is -2.40. The molecule has 0 saturated carbocycles. The summed E-state index contributed by atoms with van der Waals surface area (Å²) >= 11 is 0. The molecule has 2 aromatic carbocycles. The van der Waals surface area contributed by atoms with Gasteiger partial charge in [0.2, 0.25) is 15.9 Å². The van der Waals surface area contributed by atoms with Crippen LogP contribution in [0.1, 0.15) is 24.4 Å². The molecule has 0 fully saturated rings. The molecule has 0 radical (unpaired) electrons. The minimum atomic E-state index is -3.78. The minimum absolute atomic E-state index is 0.103. The van der Waals surface area contributed by atoms with Crippen LogP contribution in [0.15, 0.2) is 65.6 Å². The number of sulfonamides is 1. The predicted octanol–water partition coefficient (Wildman–Crippen LogP) is 2.03. The second-order valence-corrected chi connectivity index (χ2v) is 8.08. The largest absolute Gasteiger partial charge is 0.481 e. The van der Waals surface area contributed by atoms with Gasteiger partial charge in [0.25, 0.3) is 0 Å². The summed E-state index contributed by atoms with van der Waals surface area (Å²) < 4.78 is 26.0. The summed E-state index contributed by atoms with van der Waals surface area (Å²) in [5, 5.41) is 11.7. The van der Waals surface area contributed by atoms with E-state index < -0.39 is 27.9 Å². The number of carbonyl (C=O) groups excluding carboxylic acids is 1. The van der Waals surface area contributed by atoms with Gasteiger partial charge in [-0.15, -0.1) is 0 Å². The fourth-order valence-electron chi connectivity index (χ4n) is 2.57. The molecule has 0 aliphatic rings. The molecule has 7 nitrogen and oxygen atoms in total. The molecule has 0 aromatic heterocycles. The van der Waals surface area contributed by atoms with Crippen molar-refractivity contribution in [2.75, 3.05) is 13.6 Å². The molecule has 2 aromatic rings. The number of likely N-dealkylation sites (N-methyl/N-ethyl adjacent to an activating group) is 1. The van der Waals surface area contributed by atoms with Gasteiger partial charge in [-0.25, -0.2) is 8.42 Å². The monoisotopic (exact) mass is 390 g/mol. The molecule has 0 heterocycles. The first-order chi connectivity index (χ1) is 12.8. The van der Waals surface area contributed by atoms with Gasteiger partial charge >= 0.3 is 5.97 Å². The summed E-state index contributed by atoms with van der Waals surface area (Å²) in [6, 6.07) is 16.3. The quantitative estimate of drug-likeness (QED) is 0.682. The normalized spacial score (nSPS) is 12.5. The van der Waals surface area contributed by atoms with Crippen LogP contribution in [0.4, 0.5) is 0 Å². The van der Waals surface area contributed by atoms with Crippen LogP contribution < -0.4 is 5.32 Å². The Hall–Kier alpha value is -2.71. The molecule has 2 rings (SSSR count). The van der Waals surface area contributed by atoms with Crippen molar-refractivity contribution >= 4 is 21.9 Å². The van der Waals surface area contributed by atoms with E-state index in [0.717, 1.165) is 9.87 Å². The van der Waals surface area contributed by atoms with E-state index in [1.54, 1.807) is 42.5 Å². The molecule has 0 bridgehead atoms. The van der Waals surface area contributed by atoms with E-state index in [1.807, 2.05) is 6.07 Å². The van der Waals surface area contributed by atoms with Gasteiger partial charge in [0.15, 0.2) is 0 Å². The standard InChI is InChI=1S/C19H22N2O5S/c1-21(27(25,26)16-10-6-3-7-11-16)14-18(22)20-17(12-13-19(23)24)15-8-4-2-5-9-15/h2-11,17H,12-14H2,1H3,(H,20,22)(H,23,24). The number of carboxylic acid groups (broad SMARTS) is 1. The Kier molecular flexibility index (Phi) is 7.09. The molecular formula is C19H22N2O5S. The molecule has 2 N–H and O–H groups in total. The van der Waals surface area contributed by atoms with Gasteiger partial charge in [-0.05, 0) is 24.1 Å². The van der Waals surface area contributed by atoms with Crippen LogP contribution in [0, 0.1) is 0 Å². The van der Waals surface area contributed by atoms with E-state index in [1.165, 1.54) is 19.2 Å². The Morgan fingerprint density at radius 3 is 2.15 bits per heavy atom. The molecular weight excluding hydrogens is 368 g/mol. The highest BCUT2D eigenvalue weighted by Gasteiger charge is 2.24. The average molecular weight is 390 g/mol. The van der Waals surface area contributed by atoms with E-state index >= 15 is 0 Å². The van der Waals surface area contributed by atoms with Gasteiger partial charge < -0.3 is 10.4 Å². The third-order valence-electron chi connectivity index (χ3n) is 4.00. The fourth-order valence-corrected chi connectivity index (χ4v) is 3.72. The lowest BCUT2D eigenvalue weighted by atomic mass is 10.0. The van der Waals surface area contributed by atoms with Gasteiger partial charge in [0.05, 0.1) is 17.5 Å². The van der Waals surface area contributed by atoms with Crippen molar-refractivity contribution in [3.63, 3.8) is 0 Å². The first-order valence-corrected chi connectivity index (χ1v) is 9.82. The van der Waals surface area contributed by atoms with Crippen molar-refractivity contribution in [2.24, 2.45) is 0 Å². The second-order valence-electron chi connectivity index (χ2n) is 6.04. The van der Waals surface area contributed by atoms with Gasteiger partial charge in [0, 0.05) is 13.5 Å². The highest BCUT2D eigenvalue weighted by molar-refractivity contribution is 7.89. The summed E-state index contributed by atoms with van der Waals surface area (Å²) in [5.74, 6) is -1.47. The van der Waals surface area contributed by atoms with Crippen LogP contribution in [0.2, 0.25) is 0 Å². The van der Waals surface area contributed by atoms with E-state index in [9.17, 15) is 18.0 Å². The first-order valence-electron chi connectivity index (χ1n) is 8.38. The number of rotatable bonds is 9. The maximum Gasteiger partial charge on any atom is 0.303 e. The number of benzene rings is 2. The average Bonchev–Trinajstić information content (AvgIpc) is 2.66. The van der Waals surface area contributed by atoms with Crippen LogP contribution in [0.5, 0.6) is 0 Å². The Morgan fingerprint density at radius 1 is 1.04 bits per heavy atom. The van der Waals surface area contributed by atoms with Crippen molar-refractivity contribution in [2.45, 2.75) is 23.8 Å². The van der Waals surface area contributed by atoms with Gasteiger partial charge in [-0.3, -0.25) is 9.59 Å². The zero-order valence-corrected chi connectivity index (χ0v) is 15.7. The molecule has 0 aliphatic carbocycles. The summed E-state index contributed by atoms with van der Waals surface area (Å²) in [6.45, 7) is -0.367. The zero-order chi connectivity index (χ0) is 19.9. The predicted molar refractivity (Wildman–Crippen MR) is 100 cm³/mol. The minimum Gasteiger partial charge on any atom is -0.481 e. The molecule has 0 spiro atoms. The maximum absolute atomic E-state index is 12.5. The van der Waals surface area contributed by atoms with Crippen LogP contribution in [-0.4, -0.2) is 43.3 Å². The van der Waals surface area contributed by atoms with Crippen molar-refractivity contribution in [3.05, 3.63) is 66.2 Å². The molecule has 27 heavy (non-hydrogen) atoms. The van der Waals surface area contributed by atoms with Crippen molar-refractivity contribution in [1.29, 1.82) is 0 Å². The summed E-state index contributed by atoms with van der Waals surface area (Å²) in [5.41, 5.74) is 0.765. The molecule has 8 heteroatoms. The molecule has 1 amide bonds. The third-order valence-corrected chi connectivity index (χ3v) is 5.82. The van der Waals surface area contributed by atoms with Crippen molar-refractivity contribution in [1.82, 2.24) is 9.62 Å². The number of carboxylic acids is 1. The topological polar surface area (TPSA) is 104 Å². The number of carbonyl (C=O) groups is 2. The van der Waals surface area contributed by atoms with Crippen molar-refractivity contribution < 1.29 is 23.1 Å². The molecule has 0 aliphatic heterocycles. The lowest BCUT2D eigenvalue weighted by molar-refractivity contribution is -0.137. The van der Waals surface area contributed by atoms with Crippen LogP contribution in [0.25, 0.3) is 0 Å². The van der Waals surface area contributed by atoms with E-state index in [2.05, 4.69) is 5.32 Å². The number of amides is 1. The number of nitrogens with one attached hydrogen (secondary N) is 1. The highest BCUT2D eigenvalue weighted by atomic mass is 32.2. The SMILES string of the molecule is CN(CC(=O)NC(CCC(=O)O)c1ccccc1)S(=O)(=O)c1ccccc1. The first kappa shape index (κ1) is 20.6. The summed E-state index contributed by atoms with van der Waals surface area (Å²) in [6.07, 6.45) is 0.0955. The smallest absolute Gasteiger partial charge is 0.303 e.